The van der Waals surface area contributed by atoms with E-state index in [2.05, 4.69) is 15.2 Å². The molecule has 0 radical (unpaired) electrons. The normalized spacial score (nSPS) is 16.8. The topological polar surface area (TPSA) is 96.3 Å². The van der Waals surface area contributed by atoms with E-state index in [1.807, 2.05) is 0 Å². The van der Waals surface area contributed by atoms with Gasteiger partial charge >= 0.3 is 0 Å². The van der Waals surface area contributed by atoms with Crippen molar-refractivity contribution in [2.75, 3.05) is 4.90 Å². The monoisotopic (exact) mass is 430 g/mol. The number of halogens is 1. The summed E-state index contributed by atoms with van der Waals surface area (Å²) in [6.07, 6.45) is 0. The number of nitrogens with zero attached hydrogens (tertiary/aromatic N) is 4. The van der Waals surface area contributed by atoms with Crippen molar-refractivity contribution in [3.63, 3.8) is 0 Å². The Hall–Kier alpha value is -2.98. The van der Waals surface area contributed by atoms with Crippen LogP contribution >= 0.6 is 22.7 Å². The molecular formula is C19H15FN4O3S2. The molecule has 0 aliphatic carbocycles. The Kier molecular flexibility index (Phi) is 4.75. The lowest BCUT2D eigenvalue weighted by molar-refractivity contribution is -0.117. The highest BCUT2D eigenvalue weighted by molar-refractivity contribution is 7.15. The summed E-state index contributed by atoms with van der Waals surface area (Å²) in [5.74, 6) is -2.34. The molecule has 3 heterocycles. The first-order chi connectivity index (χ1) is 13.8. The van der Waals surface area contributed by atoms with Gasteiger partial charge in [-0.15, -0.1) is 21.5 Å². The number of benzene rings is 1. The van der Waals surface area contributed by atoms with Gasteiger partial charge in [-0.25, -0.2) is 9.37 Å². The van der Waals surface area contributed by atoms with Crippen LogP contribution in [0.15, 0.2) is 35.6 Å². The van der Waals surface area contributed by atoms with E-state index in [1.165, 1.54) is 40.5 Å². The quantitative estimate of drug-likeness (QED) is 0.632. The fourth-order valence-electron chi connectivity index (χ4n) is 3.24. The van der Waals surface area contributed by atoms with Crippen LogP contribution in [-0.2, 0) is 4.79 Å². The van der Waals surface area contributed by atoms with Gasteiger partial charge in [0.25, 0.3) is 5.91 Å². The number of aromatic nitrogens is 3. The molecule has 148 valence electrons. The zero-order valence-electron chi connectivity index (χ0n) is 15.6. The maximum atomic E-state index is 13.5. The van der Waals surface area contributed by atoms with Crippen LogP contribution in [0.3, 0.4) is 0 Å². The minimum Gasteiger partial charge on any atom is -0.503 e. The molecule has 1 aliphatic heterocycles. The highest BCUT2D eigenvalue weighted by Crippen LogP contribution is 2.43. The van der Waals surface area contributed by atoms with Gasteiger partial charge in [0.2, 0.25) is 10.9 Å². The molecule has 0 saturated heterocycles. The van der Waals surface area contributed by atoms with Crippen molar-refractivity contribution >= 4 is 39.5 Å². The number of ketones is 1. The van der Waals surface area contributed by atoms with Crippen molar-refractivity contribution in [1.29, 1.82) is 0 Å². The van der Waals surface area contributed by atoms with Crippen LogP contribution in [0.1, 0.15) is 37.0 Å². The average Bonchev–Trinajstić information content (AvgIpc) is 3.32. The van der Waals surface area contributed by atoms with Crippen molar-refractivity contribution in [3.05, 3.63) is 67.6 Å². The van der Waals surface area contributed by atoms with Crippen LogP contribution in [0, 0.1) is 26.6 Å². The lowest BCUT2D eigenvalue weighted by atomic mass is 9.95. The fourth-order valence-corrected chi connectivity index (χ4v) is 4.83. The SMILES string of the molecule is Cc1nnc(N2C(=O)C(O)=C(C(=O)c3sc(C)nc3C)C2c2ccc(F)cc2)s1. The van der Waals surface area contributed by atoms with Crippen LogP contribution in [0.4, 0.5) is 9.52 Å². The van der Waals surface area contributed by atoms with E-state index in [0.29, 0.717) is 26.1 Å². The van der Waals surface area contributed by atoms with Crippen LogP contribution in [0.2, 0.25) is 0 Å². The molecule has 1 aliphatic rings. The molecule has 29 heavy (non-hydrogen) atoms. The van der Waals surface area contributed by atoms with E-state index in [0.717, 1.165) is 11.3 Å². The van der Waals surface area contributed by atoms with Crippen LogP contribution in [-0.4, -0.2) is 32.0 Å². The lowest BCUT2D eigenvalue weighted by Crippen LogP contribution is -2.31. The fraction of sp³-hybridized carbons (Fsp3) is 0.211. The third kappa shape index (κ3) is 3.23. The van der Waals surface area contributed by atoms with E-state index in [4.69, 9.17) is 0 Å². The van der Waals surface area contributed by atoms with Crippen molar-refractivity contribution in [3.8, 4) is 0 Å². The summed E-state index contributed by atoms with van der Waals surface area (Å²) in [5, 5.41) is 20.1. The molecule has 4 rings (SSSR count). The summed E-state index contributed by atoms with van der Waals surface area (Å²) in [4.78, 5) is 32.1. The first-order valence-electron chi connectivity index (χ1n) is 8.59. The number of aliphatic hydroxyl groups is 1. The van der Waals surface area contributed by atoms with Gasteiger partial charge in [0.05, 0.1) is 27.2 Å². The zero-order valence-corrected chi connectivity index (χ0v) is 17.3. The minimum absolute atomic E-state index is 0.0822. The van der Waals surface area contributed by atoms with Gasteiger partial charge < -0.3 is 5.11 Å². The van der Waals surface area contributed by atoms with Crippen molar-refractivity contribution in [2.45, 2.75) is 26.8 Å². The number of rotatable bonds is 4. The van der Waals surface area contributed by atoms with Gasteiger partial charge in [-0.3, -0.25) is 14.5 Å². The molecular weight excluding hydrogens is 415 g/mol. The van der Waals surface area contributed by atoms with Gasteiger partial charge in [0.1, 0.15) is 10.8 Å². The lowest BCUT2D eigenvalue weighted by Gasteiger charge is -2.24. The van der Waals surface area contributed by atoms with Gasteiger partial charge in [0.15, 0.2) is 5.76 Å². The molecule has 10 heteroatoms. The van der Waals surface area contributed by atoms with E-state index in [9.17, 15) is 19.1 Å². The van der Waals surface area contributed by atoms with Gasteiger partial charge in [-0.1, -0.05) is 23.5 Å². The maximum Gasteiger partial charge on any atom is 0.296 e. The average molecular weight is 430 g/mol. The smallest absolute Gasteiger partial charge is 0.296 e. The predicted octanol–water partition coefficient (Wildman–Crippen LogP) is 3.84. The molecule has 1 aromatic carbocycles. The second-order valence-electron chi connectivity index (χ2n) is 6.47. The Balaban J connectivity index is 1.89. The third-order valence-electron chi connectivity index (χ3n) is 4.47. The first-order valence-corrected chi connectivity index (χ1v) is 10.2. The minimum atomic E-state index is -0.954. The third-order valence-corrected chi connectivity index (χ3v) is 6.38. The van der Waals surface area contributed by atoms with E-state index in [1.54, 1.807) is 20.8 Å². The molecule has 0 fully saturated rings. The molecule has 1 amide bonds. The Morgan fingerprint density at radius 1 is 1.10 bits per heavy atom. The standard InChI is InChI=1S/C19H15FN4O3S2/c1-8-17(28-9(2)21-8)15(25)13-14(11-4-6-12(20)7-5-11)24(18(27)16(13)26)19-23-22-10(3)29-19/h4-7,14,26H,1-3H3. The van der Waals surface area contributed by atoms with E-state index < -0.39 is 29.3 Å². The van der Waals surface area contributed by atoms with Gasteiger partial charge in [-0.2, -0.15) is 0 Å². The number of carbonyl (C=O) groups excluding carboxylic acids is 2. The summed E-state index contributed by atoms with van der Waals surface area (Å²) in [6.45, 7) is 5.21. The number of hydrogen-bond acceptors (Lipinski definition) is 8. The van der Waals surface area contributed by atoms with E-state index >= 15 is 0 Å². The number of hydrogen-bond donors (Lipinski definition) is 1. The van der Waals surface area contributed by atoms with Crippen molar-refractivity contribution in [2.24, 2.45) is 0 Å². The van der Waals surface area contributed by atoms with Crippen molar-refractivity contribution < 1.29 is 19.1 Å². The maximum absolute atomic E-state index is 13.5. The summed E-state index contributed by atoms with van der Waals surface area (Å²) in [5.41, 5.74) is 0.911. The number of aryl methyl sites for hydroxylation is 3. The number of carbonyl (C=O) groups is 2. The predicted molar refractivity (Wildman–Crippen MR) is 107 cm³/mol. The summed E-state index contributed by atoms with van der Waals surface area (Å²) in [7, 11) is 0. The molecule has 1 N–H and O–H groups in total. The van der Waals surface area contributed by atoms with Gasteiger partial charge in [-0.05, 0) is 38.5 Å². The molecule has 2 aromatic heterocycles. The Morgan fingerprint density at radius 3 is 2.34 bits per heavy atom. The molecule has 0 bridgehead atoms. The number of aliphatic hydroxyl groups excluding tert-OH is 1. The van der Waals surface area contributed by atoms with Crippen LogP contribution in [0.5, 0.6) is 0 Å². The Bertz CT molecular complexity index is 1170. The number of anilines is 1. The largest absolute Gasteiger partial charge is 0.503 e. The second kappa shape index (κ2) is 7.12. The number of amides is 1. The number of thiazole rings is 1. The zero-order chi connectivity index (χ0) is 20.9. The molecule has 0 saturated carbocycles. The second-order valence-corrected chi connectivity index (χ2v) is 8.84. The van der Waals surface area contributed by atoms with Gasteiger partial charge in [0, 0.05) is 0 Å². The van der Waals surface area contributed by atoms with Crippen LogP contribution in [0.25, 0.3) is 0 Å². The number of Topliss-reactive ketones (excluding diaryl/α,β-unsaturated/α-hetero) is 1. The van der Waals surface area contributed by atoms with Crippen LogP contribution < -0.4 is 4.90 Å². The summed E-state index contributed by atoms with van der Waals surface area (Å²) >= 11 is 2.35. The van der Waals surface area contributed by atoms with E-state index in [-0.39, 0.29) is 10.7 Å². The summed E-state index contributed by atoms with van der Waals surface area (Å²) in [6, 6.07) is 4.48. The molecule has 7 nitrogen and oxygen atoms in total. The molecule has 1 unspecified atom stereocenters. The molecule has 3 aromatic rings. The summed E-state index contributed by atoms with van der Waals surface area (Å²) < 4.78 is 13.5. The highest BCUT2D eigenvalue weighted by atomic mass is 32.1. The van der Waals surface area contributed by atoms with Crippen molar-refractivity contribution in [1.82, 2.24) is 15.2 Å². The molecule has 0 spiro atoms. The Morgan fingerprint density at radius 2 is 1.79 bits per heavy atom. The highest BCUT2D eigenvalue weighted by Gasteiger charge is 2.46. The molecule has 1 atom stereocenters. The Labute approximate surface area is 173 Å². The first kappa shape index (κ1) is 19.3.